The molecule has 0 atom stereocenters. The van der Waals surface area contributed by atoms with Crippen LogP contribution >= 0.6 is 0 Å². The summed E-state index contributed by atoms with van der Waals surface area (Å²) in [6.45, 7) is 6.31. The summed E-state index contributed by atoms with van der Waals surface area (Å²) in [4.78, 5) is 4.48. The van der Waals surface area contributed by atoms with E-state index in [2.05, 4.69) is 4.98 Å². The first-order chi connectivity index (χ1) is 10.9. The predicted molar refractivity (Wildman–Crippen MR) is 90.0 cm³/mol. The Morgan fingerprint density at radius 3 is 2.52 bits per heavy atom. The molecule has 0 aliphatic rings. The Balaban J connectivity index is 2.34. The highest BCUT2D eigenvalue weighted by Crippen LogP contribution is 2.28. The Morgan fingerprint density at radius 2 is 1.91 bits per heavy atom. The smallest absolute Gasteiger partial charge is 0.243 e. The first-order valence-corrected chi connectivity index (χ1v) is 8.90. The lowest BCUT2D eigenvalue weighted by atomic mass is 10.1. The van der Waals surface area contributed by atoms with Crippen LogP contribution in [0.4, 0.5) is 0 Å². The van der Waals surface area contributed by atoms with E-state index in [4.69, 9.17) is 4.74 Å². The predicted octanol–water partition coefficient (Wildman–Crippen LogP) is 2.92. The minimum absolute atomic E-state index is 0.231. The Bertz CT molecular complexity index is 774. The Kier molecular flexibility index (Phi) is 5.38. The van der Waals surface area contributed by atoms with Crippen LogP contribution in [0.3, 0.4) is 0 Å². The van der Waals surface area contributed by atoms with Crippen molar-refractivity contribution in [2.75, 3.05) is 13.7 Å². The van der Waals surface area contributed by atoms with Gasteiger partial charge < -0.3 is 4.74 Å². The van der Waals surface area contributed by atoms with Crippen LogP contribution in [-0.2, 0) is 16.6 Å². The van der Waals surface area contributed by atoms with Crippen LogP contribution in [0.5, 0.6) is 5.75 Å². The largest absolute Gasteiger partial charge is 0.494 e. The first-order valence-electron chi connectivity index (χ1n) is 7.46. The molecule has 0 fully saturated rings. The van der Waals surface area contributed by atoms with Crippen molar-refractivity contribution in [2.24, 2.45) is 0 Å². The second kappa shape index (κ2) is 7.10. The number of pyridine rings is 1. The lowest BCUT2D eigenvalue weighted by Crippen LogP contribution is -2.27. The average molecular weight is 334 g/mol. The first kappa shape index (κ1) is 17.4. The van der Waals surface area contributed by atoms with Crippen LogP contribution in [0.15, 0.2) is 41.4 Å². The van der Waals surface area contributed by atoms with Crippen LogP contribution in [0.2, 0.25) is 0 Å². The van der Waals surface area contributed by atoms with Crippen LogP contribution < -0.4 is 4.74 Å². The maximum atomic E-state index is 12.8. The van der Waals surface area contributed by atoms with Gasteiger partial charge in [-0.05, 0) is 56.2 Å². The number of hydrogen-bond acceptors (Lipinski definition) is 4. The maximum Gasteiger partial charge on any atom is 0.243 e. The molecule has 0 spiro atoms. The number of benzene rings is 1. The van der Waals surface area contributed by atoms with Crippen molar-refractivity contribution < 1.29 is 13.2 Å². The zero-order chi connectivity index (χ0) is 17.0. The van der Waals surface area contributed by atoms with E-state index in [0.717, 1.165) is 11.3 Å². The molecule has 0 saturated carbocycles. The van der Waals surface area contributed by atoms with Crippen molar-refractivity contribution in [3.8, 4) is 5.75 Å². The molecule has 0 saturated heterocycles. The lowest BCUT2D eigenvalue weighted by molar-refractivity contribution is 0.337. The third-order valence-electron chi connectivity index (χ3n) is 3.57. The standard InChI is InChI=1S/C17H22N2O3S/c1-5-22-16-10-14(3)17(11-13(16)2)23(20,21)19(4)12-15-8-6-7-9-18-15/h6-11H,5,12H2,1-4H3. The summed E-state index contributed by atoms with van der Waals surface area (Å²) < 4.78 is 32.5. The van der Waals surface area contributed by atoms with Crippen molar-refractivity contribution in [3.63, 3.8) is 0 Å². The molecule has 0 bridgehead atoms. The monoisotopic (exact) mass is 334 g/mol. The van der Waals surface area contributed by atoms with Gasteiger partial charge in [0.1, 0.15) is 5.75 Å². The summed E-state index contributed by atoms with van der Waals surface area (Å²) in [5.41, 5.74) is 2.19. The van der Waals surface area contributed by atoms with Crippen LogP contribution in [-0.4, -0.2) is 31.4 Å². The van der Waals surface area contributed by atoms with Gasteiger partial charge in [-0.15, -0.1) is 0 Å². The molecule has 1 aromatic heterocycles. The molecule has 6 heteroatoms. The number of hydrogen-bond donors (Lipinski definition) is 0. The zero-order valence-electron chi connectivity index (χ0n) is 13.9. The summed E-state index contributed by atoms with van der Waals surface area (Å²) in [6.07, 6.45) is 1.65. The molecule has 0 amide bonds. The van der Waals surface area contributed by atoms with E-state index in [1.54, 1.807) is 38.4 Å². The number of nitrogens with zero attached hydrogens (tertiary/aromatic N) is 2. The summed E-state index contributed by atoms with van der Waals surface area (Å²) in [5.74, 6) is 0.719. The van der Waals surface area contributed by atoms with Gasteiger partial charge in [0.05, 0.1) is 23.7 Å². The van der Waals surface area contributed by atoms with Gasteiger partial charge in [0.25, 0.3) is 0 Å². The number of ether oxygens (including phenoxy) is 1. The van der Waals surface area contributed by atoms with Gasteiger partial charge in [-0.2, -0.15) is 4.31 Å². The number of aromatic nitrogens is 1. The third-order valence-corrected chi connectivity index (χ3v) is 5.52. The zero-order valence-corrected chi connectivity index (χ0v) is 14.7. The van der Waals surface area contributed by atoms with Crippen LogP contribution in [0.25, 0.3) is 0 Å². The molecule has 0 N–H and O–H groups in total. The van der Waals surface area contributed by atoms with Crippen molar-refractivity contribution in [1.29, 1.82) is 0 Å². The van der Waals surface area contributed by atoms with E-state index in [9.17, 15) is 8.42 Å². The molecule has 124 valence electrons. The van der Waals surface area contributed by atoms with Crippen molar-refractivity contribution in [1.82, 2.24) is 9.29 Å². The highest BCUT2D eigenvalue weighted by molar-refractivity contribution is 7.89. The van der Waals surface area contributed by atoms with Crippen LogP contribution in [0.1, 0.15) is 23.7 Å². The van der Waals surface area contributed by atoms with E-state index in [1.165, 1.54) is 4.31 Å². The van der Waals surface area contributed by atoms with Crippen molar-refractivity contribution in [3.05, 3.63) is 53.3 Å². The number of rotatable bonds is 6. The number of aryl methyl sites for hydroxylation is 2. The molecule has 1 heterocycles. The van der Waals surface area contributed by atoms with Crippen LogP contribution in [0, 0.1) is 13.8 Å². The average Bonchev–Trinajstić information content (AvgIpc) is 2.51. The minimum atomic E-state index is -3.58. The molecule has 5 nitrogen and oxygen atoms in total. The molecule has 23 heavy (non-hydrogen) atoms. The van der Waals surface area contributed by atoms with E-state index < -0.39 is 10.0 Å². The fraction of sp³-hybridized carbons (Fsp3) is 0.353. The third kappa shape index (κ3) is 3.89. The molecular formula is C17H22N2O3S. The van der Waals surface area contributed by atoms with E-state index in [1.807, 2.05) is 26.0 Å². The second-order valence-electron chi connectivity index (χ2n) is 5.40. The van der Waals surface area contributed by atoms with Crippen molar-refractivity contribution >= 4 is 10.0 Å². The highest BCUT2D eigenvalue weighted by atomic mass is 32.2. The van der Waals surface area contributed by atoms with Gasteiger partial charge in [0.2, 0.25) is 10.0 Å². The lowest BCUT2D eigenvalue weighted by Gasteiger charge is -2.19. The molecule has 0 aliphatic carbocycles. The topological polar surface area (TPSA) is 59.5 Å². The SMILES string of the molecule is CCOc1cc(C)c(S(=O)(=O)N(C)Cc2ccccn2)cc1C. The highest BCUT2D eigenvalue weighted by Gasteiger charge is 2.24. The van der Waals surface area contributed by atoms with Gasteiger partial charge in [0, 0.05) is 13.2 Å². The summed E-state index contributed by atoms with van der Waals surface area (Å²) >= 11 is 0. The maximum absolute atomic E-state index is 12.8. The number of sulfonamides is 1. The normalized spacial score (nSPS) is 11.7. The molecule has 0 aliphatic heterocycles. The van der Waals surface area contributed by atoms with Gasteiger partial charge in [-0.3, -0.25) is 4.98 Å². The second-order valence-corrected chi connectivity index (χ2v) is 7.41. The van der Waals surface area contributed by atoms with Gasteiger partial charge in [0.15, 0.2) is 0 Å². The minimum Gasteiger partial charge on any atom is -0.494 e. The summed E-state index contributed by atoms with van der Waals surface area (Å²) in [6, 6.07) is 8.90. The quantitative estimate of drug-likeness (QED) is 0.815. The molecule has 0 radical (unpaired) electrons. The van der Waals surface area contributed by atoms with Gasteiger partial charge >= 0.3 is 0 Å². The summed E-state index contributed by atoms with van der Waals surface area (Å²) in [7, 11) is -2.02. The fourth-order valence-corrected chi connectivity index (χ4v) is 3.75. The van der Waals surface area contributed by atoms with E-state index in [-0.39, 0.29) is 6.54 Å². The van der Waals surface area contributed by atoms with Gasteiger partial charge in [-0.1, -0.05) is 6.07 Å². The Morgan fingerprint density at radius 1 is 1.17 bits per heavy atom. The molecule has 0 unspecified atom stereocenters. The molecular weight excluding hydrogens is 312 g/mol. The van der Waals surface area contributed by atoms with Gasteiger partial charge in [-0.25, -0.2) is 8.42 Å². The van der Waals surface area contributed by atoms with E-state index in [0.29, 0.717) is 22.8 Å². The fourth-order valence-electron chi connectivity index (χ4n) is 2.32. The molecule has 1 aromatic carbocycles. The summed E-state index contributed by atoms with van der Waals surface area (Å²) in [5, 5.41) is 0. The van der Waals surface area contributed by atoms with Crippen molar-refractivity contribution in [2.45, 2.75) is 32.2 Å². The van der Waals surface area contributed by atoms with E-state index >= 15 is 0 Å². The molecule has 2 aromatic rings. The molecule has 2 rings (SSSR count). The Labute approximate surface area is 138 Å². The Hall–Kier alpha value is -1.92.